The van der Waals surface area contributed by atoms with Crippen molar-refractivity contribution < 1.29 is 4.79 Å². The van der Waals surface area contributed by atoms with Gasteiger partial charge in [0.05, 0.1) is 11.1 Å². The fraction of sp³-hybridized carbons (Fsp3) is 0.409. The number of fused-ring (bicyclic) bond motifs is 4. The van der Waals surface area contributed by atoms with Gasteiger partial charge in [-0.25, -0.2) is 4.98 Å². The van der Waals surface area contributed by atoms with Crippen molar-refractivity contribution in [3.63, 3.8) is 0 Å². The predicted molar refractivity (Wildman–Crippen MR) is 119 cm³/mol. The highest BCUT2D eigenvalue weighted by molar-refractivity contribution is 7.99. The van der Waals surface area contributed by atoms with Crippen molar-refractivity contribution in [1.82, 2.24) is 9.97 Å². The first-order valence-corrected chi connectivity index (χ1v) is 11.9. The van der Waals surface area contributed by atoms with Crippen LogP contribution < -0.4 is 10.5 Å². The maximum absolute atomic E-state index is 12.9. The Balaban J connectivity index is 1.37. The van der Waals surface area contributed by atoms with Crippen LogP contribution in [-0.2, 0) is 24.1 Å². The number of nitrogens with zero attached hydrogens (tertiary/aromatic N) is 2. The molecule has 2 aliphatic rings. The van der Waals surface area contributed by atoms with E-state index in [1.54, 1.807) is 11.3 Å². The lowest BCUT2D eigenvalue weighted by molar-refractivity contribution is -0.116. The number of nitrogens with one attached hydrogen (secondary N) is 1. The number of aromatic nitrogens is 2. The third kappa shape index (κ3) is 3.30. The maximum atomic E-state index is 12.9. The summed E-state index contributed by atoms with van der Waals surface area (Å²) in [6, 6.07) is 8.22. The van der Waals surface area contributed by atoms with Gasteiger partial charge in [-0.15, -0.1) is 11.3 Å². The van der Waals surface area contributed by atoms with Gasteiger partial charge in [0.2, 0.25) is 5.91 Å². The molecule has 1 amide bonds. The molecular formula is C22H23N3O2S2. The van der Waals surface area contributed by atoms with E-state index >= 15 is 0 Å². The Morgan fingerprint density at radius 1 is 1.31 bits per heavy atom. The quantitative estimate of drug-likeness (QED) is 0.505. The number of thioether (sulfide) groups is 1. The van der Waals surface area contributed by atoms with Crippen LogP contribution in [0.3, 0.4) is 0 Å². The van der Waals surface area contributed by atoms with Crippen molar-refractivity contribution in [1.29, 1.82) is 0 Å². The first-order chi connectivity index (χ1) is 14.0. The number of aromatic amines is 1. The Morgan fingerprint density at radius 3 is 3.00 bits per heavy atom. The maximum Gasteiger partial charge on any atom is 0.260 e. The van der Waals surface area contributed by atoms with Crippen LogP contribution in [0.4, 0.5) is 5.69 Å². The minimum atomic E-state index is -0.0723. The fourth-order valence-electron chi connectivity index (χ4n) is 4.54. The van der Waals surface area contributed by atoms with Gasteiger partial charge in [0, 0.05) is 16.6 Å². The van der Waals surface area contributed by atoms with Crippen LogP contribution in [0.15, 0.2) is 34.2 Å². The zero-order valence-electron chi connectivity index (χ0n) is 16.5. The lowest BCUT2D eigenvalue weighted by Gasteiger charge is -2.22. The van der Waals surface area contributed by atoms with Crippen molar-refractivity contribution in [3.05, 3.63) is 50.6 Å². The average molecular weight is 426 g/mol. The number of aryl methyl sites for hydroxylation is 1. The molecule has 0 radical (unpaired) electrons. The smallest absolute Gasteiger partial charge is 0.260 e. The van der Waals surface area contributed by atoms with E-state index in [-0.39, 0.29) is 23.3 Å². The Morgan fingerprint density at radius 2 is 2.14 bits per heavy atom. The lowest BCUT2D eigenvalue weighted by atomic mass is 9.89. The largest absolute Gasteiger partial charge is 0.308 e. The van der Waals surface area contributed by atoms with Crippen LogP contribution in [0.5, 0.6) is 0 Å². The minimum Gasteiger partial charge on any atom is -0.308 e. The number of H-pyrrole nitrogens is 1. The van der Waals surface area contributed by atoms with E-state index in [4.69, 9.17) is 0 Å². The van der Waals surface area contributed by atoms with E-state index in [2.05, 4.69) is 29.9 Å². The number of carbonyl (C=O) groups excluding carboxylic acids is 1. The van der Waals surface area contributed by atoms with Gasteiger partial charge in [-0.3, -0.25) is 9.59 Å². The highest BCUT2D eigenvalue weighted by Crippen LogP contribution is 2.36. The molecule has 0 saturated carbocycles. The zero-order chi connectivity index (χ0) is 20.1. The number of hydrogen-bond donors (Lipinski definition) is 1. The van der Waals surface area contributed by atoms with Gasteiger partial charge in [-0.05, 0) is 55.7 Å². The van der Waals surface area contributed by atoms with E-state index in [1.807, 2.05) is 23.1 Å². The zero-order valence-corrected chi connectivity index (χ0v) is 18.2. The van der Waals surface area contributed by atoms with E-state index in [0.717, 1.165) is 41.6 Å². The molecule has 0 fully saturated rings. The van der Waals surface area contributed by atoms with Gasteiger partial charge in [-0.2, -0.15) is 0 Å². The summed E-state index contributed by atoms with van der Waals surface area (Å²) < 4.78 is 0. The molecule has 29 heavy (non-hydrogen) atoms. The first kappa shape index (κ1) is 18.9. The number of amides is 1. The molecule has 0 saturated heterocycles. The molecular weight excluding hydrogens is 402 g/mol. The summed E-state index contributed by atoms with van der Waals surface area (Å²) in [4.78, 5) is 37.2. The molecule has 1 aliphatic carbocycles. The molecule has 1 N–H and O–H groups in total. The van der Waals surface area contributed by atoms with Gasteiger partial charge in [0.25, 0.3) is 5.56 Å². The van der Waals surface area contributed by atoms with Gasteiger partial charge < -0.3 is 9.88 Å². The number of anilines is 1. The molecule has 5 rings (SSSR count). The van der Waals surface area contributed by atoms with Crippen molar-refractivity contribution in [2.75, 3.05) is 10.7 Å². The third-order valence-electron chi connectivity index (χ3n) is 5.95. The van der Waals surface area contributed by atoms with Gasteiger partial charge in [0.1, 0.15) is 4.83 Å². The Bertz CT molecular complexity index is 1170. The van der Waals surface area contributed by atoms with Crippen LogP contribution in [0, 0.1) is 5.92 Å². The molecule has 3 heterocycles. The van der Waals surface area contributed by atoms with Crippen molar-refractivity contribution >= 4 is 44.9 Å². The number of hydrogen-bond acceptors (Lipinski definition) is 5. The second-order valence-corrected chi connectivity index (χ2v) is 10.2. The molecule has 7 heteroatoms. The topological polar surface area (TPSA) is 66.1 Å². The summed E-state index contributed by atoms with van der Waals surface area (Å²) in [5.74, 6) is 0.968. The van der Waals surface area contributed by atoms with Gasteiger partial charge >= 0.3 is 0 Å². The third-order valence-corrected chi connectivity index (χ3v) is 7.96. The second kappa shape index (κ2) is 7.29. The van der Waals surface area contributed by atoms with Crippen LogP contribution in [0.2, 0.25) is 0 Å². The van der Waals surface area contributed by atoms with Crippen molar-refractivity contribution in [2.24, 2.45) is 5.92 Å². The second-order valence-electron chi connectivity index (χ2n) is 8.14. The van der Waals surface area contributed by atoms with Crippen LogP contribution >= 0.6 is 23.1 Å². The molecule has 0 unspecified atom stereocenters. The summed E-state index contributed by atoms with van der Waals surface area (Å²) in [5, 5.41) is 1.29. The first-order valence-electron chi connectivity index (χ1n) is 10.1. The van der Waals surface area contributed by atoms with Crippen molar-refractivity contribution in [2.45, 2.75) is 50.7 Å². The number of carbonyl (C=O) groups is 1. The molecule has 5 nitrogen and oxygen atoms in total. The average Bonchev–Trinajstić information content (AvgIpc) is 3.22. The lowest BCUT2D eigenvalue weighted by Crippen LogP contribution is -2.37. The summed E-state index contributed by atoms with van der Waals surface area (Å²) in [6.07, 6.45) is 3.99. The summed E-state index contributed by atoms with van der Waals surface area (Å²) in [5.41, 5.74) is 3.33. The monoisotopic (exact) mass is 425 g/mol. The number of rotatable bonds is 3. The van der Waals surface area contributed by atoms with Crippen LogP contribution in [-0.4, -0.2) is 27.7 Å². The fourth-order valence-corrected chi connectivity index (χ4v) is 6.70. The molecule has 0 spiro atoms. The SMILES string of the molecule is C[C@H]1CCc2c(sc3nc(SCC(=O)N4c5ccccc5C[C@@H]4C)[nH]c(=O)c23)C1. The molecule has 1 aromatic carbocycles. The van der Waals surface area contributed by atoms with E-state index in [0.29, 0.717) is 11.1 Å². The van der Waals surface area contributed by atoms with Crippen molar-refractivity contribution in [3.8, 4) is 0 Å². The molecule has 150 valence electrons. The normalized spacial score (nSPS) is 20.7. The summed E-state index contributed by atoms with van der Waals surface area (Å²) >= 11 is 2.96. The highest BCUT2D eigenvalue weighted by atomic mass is 32.2. The Labute approximate surface area is 177 Å². The molecule has 2 atom stereocenters. The Kier molecular flexibility index (Phi) is 4.75. The van der Waals surface area contributed by atoms with Crippen LogP contribution in [0.1, 0.15) is 36.3 Å². The summed E-state index contributed by atoms with van der Waals surface area (Å²) in [6.45, 7) is 4.33. The number of thiophene rings is 1. The molecule has 1 aliphatic heterocycles. The minimum absolute atomic E-state index is 0.0505. The van der Waals surface area contributed by atoms with E-state index in [9.17, 15) is 9.59 Å². The van der Waals surface area contributed by atoms with E-state index < -0.39 is 0 Å². The van der Waals surface area contributed by atoms with Gasteiger partial charge in [-0.1, -0.05) is 36.9 Å². The standard InChI is InChI=1S/C22H23N3O2S2/c1-12-7-8-15-17(9-12)29-21-19(15)20(27)23-22(24-21)28-11-18(26)25-13(2)10-14-5-3-4-6-16(14)25/h3-6,12-13H,7-11H2,1-2H3,(H,23,24,27)/t12-,13-/m0/s1. The molecule has 0 bridgehead atoms. The number of benzene rings is 1. The van der Waals surface area contributed by atoms with E-state index in [1.165, 1.54) is 27.8 Å². The predicted octanol–water partition coefficient (Wildman–Crippen LogP) is 4.18. The Hall–Kier alpha value is -2.12. The molecule has 3 aromatic rings. The highest BCUT2D eigenvalue weighted by Gasteiger charge is 2.30. The van der Waals surface area contributed by atoms with Crippen LogP contribution in [0.25, 0.3) is 10.2 Å². The number of para-hydroxylation sites is 1. The summed E-state index contributed by atoms with van der Waals surface area (Å²) in [7, 11) is 0. The molecule has 2 aromatic heterocycles. The van der Waals surface area contributed by atoms with Gasteiger partial charge in [0.15, 0.2) is 5.16 Å².